The van der Waals surface area contributed by atoms with E-state index in [2.05, 4.69) is 29.5 Å². The van der Waals surface area contributed by atoms with Crippen molar-refractivity contribution in [2.45, 2.75) is 26.9 Å². The number of aromatic amines is 1. The van der Waals surface area contributed by atoms with Gasteiger partial charge >= 0.3 is 0 Å². The topological polar surface area (TPSA) is 70.9 Å². The maximum Gasteiger partial charge on any atom is 0.165 e. The van der Waals surface area contributed by atoms with Gasteiger partial charge in [0, 0.05) is 10.6 Å². The molecule has 1 aromatic heterocycles. The number of allylic oxidation sites excluding steroid dienone is 2. The Hall–Kier alpha value is -4.01. The van der Waals surface area contributed by atoms with Gasteiger partial charge in [0.15, 0.2) is 11.5 Å². The minimum atomic E-state index is 0.369. The molecule has 0 unspecified atom stereocenters. The highest BCUT2D eigenvalue weighted by molar-refractivity contribution is 6.30. The molecule has 0 fully saturated rings. The lowest BCUT2D eigenvalue weighted by Gasteiger charge is -2.16. The molecule has 5 nitrogen and oxygen atoms in total. The van der Waals surface area contributed by atoms with E-state index in [-0.39, 0.29) is 0 Å². The van der Waals surface area contributed by atoms with E-state index in [0.29, 0.717) is 40.9 Å². The first-order valence-corrected chi connectivity index (χ1v) is 11.6. The van der Waals surface area contributed by atoms with Gasteiger partial charge in [-0.05, 0) is 85.0 Å². The molecule has 4 aromatic rings. The highest BCUT2D eigenvalue weighted by Gasteiger charge is 2.15. The molecule has 0 spiro atoms. The molecule has 0 aliphatic carbocycles. The zero-order valence-electron chi connectivity index (χ0n) is 20.0. The third-order valence-corrected chi connectivity index (χ3v) is 6.07. The summed E-state index contributed by atoms with van der Waals surface area (Å²) in [7, 11) is 1.60. The summed E-state index contributed by atoms with van der Waals surface area (Å²) in [5.41, 5.74) is 7.20. The first kappa shape index (κ1) is 24.1. The van der Waals surface area contributed by atoms with Crippen LogP contribution in [0.25, 0.3) is 22.7 Å². The number of fused-ring (bicyclic) bond motifs is 1. The van der Waals surface area contributed by atoms with Crippen LogP contribution in [0.2, 0.25) is 5.02 Å². The predicted molar refractivity (Wildman–Crippen MR) is 142 cm³/mol. The van der Waals surface area contributed by atoms with E-state index in [0.717, 1.165) is 33.3 Å². The Morgan fingerprint density at radius 1 is 1.14 bits per heavy atom. The molecule has 1 N–H and O–H groups in total. The normalized spacial score (nSPS) is 11.3. The zero-order valence-corrected chi connectivity index (χ0v) is 20.7. The SMILES string of the molecule is C=CCc1cc(/C=C(/C#N)c2nc3cc(C)c(C)cc3[nH]2)cc(OC)c1OCc1ccc(Cl)cc1. The smallest absolute Gasteiger partial charge is 0.165 e. The van der Waals surface area contributed by atoms with Gasteiger partial charge in [-0.15, -0.1) is 6.58 Å². The highest BCUT2D eigenvalue weighted by atomic mass is 35.5. The van der Waals surface area contributed by atoms with Crippen LogP contribution in [0.5, 0.6) is 11.5 Å². The molecule has 3 aromatic carbocycles. The zero-order chi connectivity index (χ0) is 24.9. The van der Waals surface area contributed by atoms with Crippen LogP contribution in [-0.2, 0) is 13.0 Å². The maximum atomic E-state index is 9.90. The summed E-state index contributed by atoms with van der Waals surface area (Å²) in [6.45, 7) is 8.35. The number of nitrogens with one attached hydrogen (secondary N) is 1. The number of H-pyrrole nitrogens is 1. The second kappa shape index (κ2) is 10.5. The molecule has 0 saturated carbocycles. The summed E-state index contributed by atoms with van der Waals surface area (Å²) in [6.07, 6.45) is 4.20. The summed E-state index contributed by atoms with van der Waals surface area (Å²) < 4.78 is 11.8. The Labute approximate surface area is 210 Å². The van der Waals surface area contributed by atoms with Crippen molar-refractivity contribution in [2.75, 3.05) is 7.11 Å². The van der Waals surface area contributed by atoms with E-state index < -0.39 is 0 Å². The van der Waals surface area contributed by atoms with Gasteiger partial charge in [-0.3, -0.25) is 0 Å². The minimum absolute atomic E-state index is 0.369. The number of rotatable bonds is 8. The number of aryl methyl sites for hydroxylation is 2. The van der Waals surface area contributed by atoms with Crippen molar-refractivity contribution in [3.05, 3.63) is 99.9 Å². The summed E-state index contributed by atoms with van der Waals surface area (Å²) in [6, 6.07) is 17.7. The van der Waals surface area contributed by atoms with Crippen LogP contribution < -0.4 is 9.47 Å². The number of imidazole rings is 1. The molecule has 176 valence electrons. The molecule has 0 saturated heterocycles. The summed E-state index contributed by atoms with van der Waals surface area (Å²) in [4.78, 5) is 7.92. The number of halogens is 1. The standard InChI is InChI=1S/C29H26ClN3O2/c1-5-6-22-13-21(15-27(34-4)28(22)35-17-20-7-9-24(30)10-8-20)14-23(16-31)29-32-25-11-18(2)19(3)12-26(25)33-29/h5,7-15H,1,6,17H2,2-4H3,(H,32,33)/b23-14-. The van der Waals surface area contributed by atoms with Gasteiger partial charge in [0.2, 0.25) is 0 Å². The van der Waals surface area contributed by atoms with Gasteiger partial charge < -0.3 is 14.5 Å². The molecule has 0 bridgehead atoms. The van der Waals surface area contributed by atoms with Crippen LogP contribution in [0, 0.1) is 25.2 Å². The lowest BCUT2D eigenvalue weighted by atomic mass is 10.0. The average Bonchev–Trinajstić information content (AvgIpc) is 3.25. The number of methoxy groups -OCH3 is 1. The van der Waals surface area contributed by atoms with Crippen molar-refractivity contribution < 1.29 is 9.47 Å². The number of nitriles is 1. The van der Waals surface area contributed by atoms with Gasteiger partial charge in [0.1, 0.15) is 18.5 Å². The molecule has 0 radical (unpaired) electrons. The highest BCUT2D eigenvalue weighted by Crippen LogP contribution is 2.35. The van der Waals surface area contributed by atoms with Crippen molar-refractivity contribution >= 4 is 34.3 Å². The first-order chi connectivity index (χ1) is 16.9. The van der Waals surface area contributed by atoms with Crippen molar-refractivity contribution in [2.24, 2.45) is 0 Å². The molecule has 0 amide bonds. The number of aromatic nitrogens is 2. The van der Waals surface area contributed by atoms with Crippen LogP contribution in [0.15, 0.2) is 61.2 Å². The monoisotopic (exact) mass is 483 g/mol. The van der Waals surface area contributed by atoms with Gasteiger partial charge in [0.05, 0.1) is 23.7 Å². The third-order valence-electron chi connectivity index (χ3n) is 5.82. The second-order valence-electron chi connectivity index (χ2n) is 8.33. The van der Waals surface area contributed by atoms with Gasteiger partial charge in [0.25, 0.3) is 0 Å². The van der Waals surface area contributed by atoms with Gasteiger partial charge in [-0.25, -0.2) is 4.98 Å². The molecule has 0 aliphatic rings. The van der Waals surface area contributed by atoms with E-state index >= 15 is 0 Å². The quantitative estimate of drug-likeness (QED) is 0.212. The maximum absolute atomic E-state index is 9.90. The molecule has 6 heteroatoms. The number of hydrogen-bond acceptors (Lipinski definition) is 4. The number of hydrogen-bond donors (Lipinski definition) is 1. The fourth-order valence-corrected chi connectivity index (χ4v) is 3.97. The van der Waals surface area contributed by atoms with Crippen LogP contribution in [0.3, 0.4) is 0 Å². The van der Waals surface area contributed by atoms with Gasteiger partial charge in [-0.1, -0.05) is 29.8 Å². The Morgan fingerprint density at radius 3 is 2.57 bits per heavy atom. The Balaban J connectivity index is 1.70. The van der Waals surface area contributed by atoms with Crippen molar-refractivity contribution in [3.8, 4) is 17.6 Å². The Bertz CT molecular complexity index is 1420. The third kappa shape index (κ3) is 5.40. The lowest BCUT2D eigenvalue weighted by molar-refractivity contribution is 0.282. The van der Waals surface area contributed by atoms with E-state index in [4.69, 9.17) is 21.1 Å². The summed E-state index contributed by atoms with van der Waals surface area (Å²) in [5.74, 6) is 1.75. The lowest BCUT2D eigenvalue weighted by Crippen LogP contribution is -2.02. The van der Waals surface area contributed by atoms with E-state index in [9.17, 15) is 5.26 Å². The Kier molecular flexibility index (Phi) is 7.24. The number of nitrogens with zero attached hydrogens (tertiary/aromatic N) is 2. The van der Waals surface area contributed by atoms with Crippen LogP contribution in [-0.4, -0.2) is 17.1 Å². The predicted octanol–water partition coefficient (Wildman–Crippen LogP) is 7.21. The van der Waals surface area contributed by atoms with E-state index in [1.54, 1.807) is 13.2 Å². The molecular formula is C29H26ClN3O2. The summed E-state index contributed by atoms with van der Waals surface area (Å²) >= 11 is 5.99. The first-order valence-electron chi connectivity index (χ1n) is 11.2. The van der Waals surface area contributed by atoms with Crippen LogP contribution in [0.4, 0.5) is 0 Å². The molecule has 35 heavy (non-hydrogen) atoms. The summed E-state index contributed by atoms with van der Waals surface area (Å²) in [5, 5.41) is 10.6. The van der Waals surface area contributed by atoms with E-state index in [1.165, 1.54) is 5.56 Å². The number of ether oxygens (including phenoxy) is 2. The van der Waals surface area contributed by atoms with Crippen LogP contribution in [0.1, 0.15) is 33.6 Å². The fourth-order valence-electron chi connectivity index (χ4n) is 3.84. The average molecular weight is 484 g/mol. The van der Waals surface area contributed by atoms with Crippen molar-refractivity contribution in [3.63, 3.8) is 0 Å². The molecule has 0 aliphatic heterocycles. The largest absolute Gasteiger partial charge is 0.493 e. The minimum Gasteiger partial charge on any atom is -0.493 e. The van der Waals surface area contributed by atoms with Crippen molar-refractivity contribution in [1.82, 2.24) is 9.97 Å². The number of benzene rings is 3. The van der Waals surface area contributed by atoms with Gasteiger partial charge in [-0.2, -0.15) is 5.26 Å². The molecular weight excluding hydrogens is 458 g/mol. The molecule has 4 rings (SSSR count). The fraction of sp³-hybridized carbons (Fsp3) is 0.172. The van der Waals surface area contributed by atoms with E-state index in [1.807, 2.05) is 61.5 Å². The second-order valence-corrected chi connectivity index (χ2v) is 8.76. The van der Waals surface area contributed by atoms with Crippen LogP contribution >= 0.6 is 11.6 Å². The molecule has 0 atom stereocenters. The van der Waals surface area contributed by atoms with Crippen molar-refractivity contribution in [1.29, 1.82) is 5.26 Å². The molecule has 1 heterocycles. The Morgan fingerprint density at radius 2 is 1.89 bits per heavy atom.